The molecule has 1 N–H and O–H groups in total. The molecule has 9 heteroatoms. The molecule has 0 heterocycles. The lowest BCUT2D eigenvalue weighted by molar-refractivity contribution is -0.383. The second kappa shape index (κ2) is 7.16. The van der Waals surface area contributed by atoms with Gasteiger partial charge in [-0.05, 0) is 23.8 Å². The normalized spacial score (nSPS) is 11.5. The predicted molar refractivity (Wildman–Crippen MR) is 92.7 cm³/mol. The van der Waals surface area contributed by atoms with Gasteiger partial charge in [-0.25, -0.2) is 12.7 Å². The highest BCUT2D eigenvalue weighted by Gasteiger charge is 2.21. The van der Waals surface area contributed by atoms with Crippen LogP contribution in [0.25, 0.3) is 0 Å². The van der Waals surface area contributed by atoms with Crippen LogP contribution in [0.2, 0.25) is 5.02 Å². The van der Waals surface area contributed by atoms with Gasteiger partial charge in [-0.15, -0.1) is 0 Å². The summed E-state index contributed by atoms with van der Waals surface area (Å²) in [5.41, 5.74) is 0.604. The van der Waals surface area contributed by atoms with Crippen molar-refractivity contribution in [3.8, 4) is 0 Å². The highest BCUT2D eigenvalue weighted by atomic mass is 35.5. The van der Waals surface area contributed by atoms with E-state index in [9.17, 15) is 18.5 Å². The number of anilines is 1. The highest BCUT2D eigenvalue weighted by Crippen LogP contribution is 2.29. The Kier molecular flexibility index (Phi) is 5.43. The van der Waals surface area contributed by atoms with Crippen molar-refractivity contribution in [3.05, 3.63) is 63.2 Å². The topological polar surface area (TPSA) is 92.6 Å². The fourth-order valence-corrected chi connectivity index (χ4v) is 3.38. The van der Waals surface area contributed by atoms with Gasteiger partial charge in [0.25, 0.3) is 5.69 Å². The summed E-state index contributed by atoms with van der Waals surface area (Å²) in [6.45, 7) is 0.117. The SMILES string of the molecule is CN(C)S(=O)(=O)c1ccccc1CNc1ccc(Cl)cc1[N+](=O)[O-]. The van der Waals surface area contributed by atoms with Crippen molar-refractivity contribution in [2.45, 2.75) is 11.4 Å². The van der Waals surface area contributed by atoms with Gasteiger partial charge in [0, 0.05) is 31.7 Å². The number of nitrogens with zero attached hydrogens (tertiary/aromatic N) is 2. The maximum absolute atomic E-state index is 12.4. The lowest BCUT2D eigenvalue weighted by Crippen LogP contribution is -2.23. The first kappa shape index (κ1) is 18.2. The molecule has 0 bridgehead atoms. The van der Waals surface area contributed by atoms with Gasteiger partial charge in [0.2, 0.25) is 10.0 Å². The molecular weight excluding hydrogens is 354 g/mol. The number of hydrogen-bond donors (Lipinski definition) is 1. The number of halogens is 1. The minimum absolute atomic E-state index is 0.117. The summed E-state index contributed by atoms with van der Waals surface area (Å²) in [7, 11) is -0.711. The molecular formula is C15H16ClN3O4S. The van der Waals surface area contributed by atoms with Gasteiger partial charge in [0.15, 0.2) is 0 Å². The lowest BCUT2D eigenvalue weighted by atomic mass is 10.2. The van der Waals surface area contributed by atoms with Crippen LogP contribution in [-0.2, 0) is 16.6 Å². The molecule has 0 unspecified atom stereocenters. The van der Waals surface area contributed by atoms with Gasteiger partial charge in [-0.3, -0.25) is 10.1 Å². The Labute approximate surface area is 145 Å². The Morgan fingerprint density at radius 3 is 2.50 bits per heavy atom. The van der Waals surface area contributed by atoms with E-state index in [4.69, 9.17) is 11.6 Å². The van der Waals surface area contributed by atoms with E-state index in [1.54, 1.807) is 18.2 Å². The lowest BCUT2D eigenvalue weighted by Gasteiger charge is -2.16. The van der Waals surface area contributed by atoms with Crippen LogP contribution < -0.4 is 5.32 Å². The molecule has 2 aromatic rings. The van der Waals surface area contributed by atoms with Gasteiger partial charge in [0.1, 0.15) is 5.69 Å². The minimum Gasteiger partial charge on any atom is -0.375 e. The number of nitro benzene ring substituents is 1. The van der Waals surface area contributed by atoms with Crippen molar-refractivity contribution in [3.63, 3.8) is 0 Å². The van der Waals surface area contributed by atoms with Crippen LogP contribution in [0.5, 0.6) is 0 Å². The fraction of sp³-hybridized carbons (Fsp3) is 0.200. The Hall–Kier alpha value is -2.16. The zero-order chi connectivity index (χ0) is 17.9. The molecule has 24 heavy (non-hydrogen) atoms. The molecule has 0 saturated heterocycles. The molecule has 0 spiro atoms. The molecule has 0 atom stereocenters. The van der Waals surface area contributed by atoms with E-state index < -0.39 is 14.9 Å². The largest absolute Gasteiger partial charge is 0.375 e. The van der Waals surface area contributed by atoms with E-state index in [0.717, 1.165) is 4.31 Å². The second-order valence-corrected chi connectivity index (χ2v) is 7.72. The molecule has 0 aliphatic rings. The maximum atomic E-state index is 12.4. The molecule has 2 rings (SSSR count). The third-order valence-corrected chi connectivity index (χ3v) is 5.51. The summed E-state index contributed by atoms with van der Waals surface area (Å²) in [6.07, 6.45) is 0. The smallest absolute Gasteiger partial charge is 0.293 e. The van der Waals surface area contributed by atoms with Crippen molar-refractivity contribution in [1.29, 1.82) is 0 Å². The van der Waals surface area contributed by atoms with E-state index in [-0.39, 0.29) is 27.8 Å². The van der Waals surface area contributed by atoms with Gasteiger partial charge < -0.3 is 5.32 Å². The van der Waals surface area contributed by atoms with Crippen LogP contribution in [0.15, 0.2) is 47.4 Å². The van der Waals surface area contributed by atoms with Crippen molar-refractivity contribution in [2.75, 3.05) is 19.4 Å². The summed E-state index contributed by atoms with van der Waals surface area (Å²) in [5.74, 6) is 0. The van der Waals surface area contributed by atoms with Gasteiger partial charge in [0.05, 0.1) is 9.82 Å². The van der Waals surface area contributed by atoms with Crippen LogP contribution in [-0.4, -0.2) is 31.7 Å². The predicted octanol–water partition coefficient (Wildman–Crippen LogP) is 3.11. The van der Waals surface area contributed by atoms with Crippen LogP contribution in [0, 0.1) is 10.1 Å². The Balaban J connectivity index is 2.34. The van der Waals surface area contributed by atoms with Crippen LogP contribution >= 0.6 is 11.6 Å². The van der Waals surface area contributed by atoms with E-state index >= 15 is 0 Å². The molecule has 0 saturated carbocycles. The average Bonchev–Trinajstić information content (AvgIpc) is 2.53. The van der Waals surface area contributed by atoms with E-state index in [0.29, 0.717) is 5.56 Å². The standard InChI is InChI=1S/C15H16ClN3O4S/c1-18(2)24(22,23)15-6-4-3-5-11(15)10-17-13-8-7-12(16)9-14(13)19(20)21/h3-9,17H,10H2,1-2H3. The van der Waals surface area contributed by atoms with Crippen LogP contribution in [0.1, 0.15) is 5.56 Å². The number of sulfonamides is 1. The Bertz CT molecular complexity index is 869. The van der Waals surface area contributed by atoms with Gasteiger partial charge >= 0.3 is 0 Å². The quantitative estimate of drug-likeness (QED) is 0.623. The Morgan fingerprint density at radius 2 is 1.88 bits per heavy atom. The van der Waals surface area contributed by atoms with Crippen molar-refractivity contribution >= 4 is 33.0 Å². The zero-order valence-electron chi connectivity index (χ0n) is 13.1. The first-order valence-electron chi connectivity index (χ1n) is 6.91. The third kappa shape index (κ3) is 3.84. The summed E-state index contributed by atoms with van der Waals surface area (Å²) in [4.78, 5) is 10.7. The van der Waals surface area contributed by atoms with E-state index in [2.05, 4.69) is 5.32 Å². The maximum Gasteiger partial charge on any atom is 0.293 e. The number of nitro groups is 1. The fourth-order valence-electron chi connectivity index (χ4n) is 2.09. The molecule has 0 radical (unpaired) electrons. The van der Waals surface area contributed by atoms with Gasteiger partial charge in [-0.2, -0.15) is 0 Å². The number of hydrogen-bond acceptors (Lipinski definition) is 5. The first-order valence-corrected chi connectivity index (χ1v) is 8.73. The van der Waals surface area contributed by atoms with E-state index in [1.807, 2.05) is 0 Å². The van der Waals surface area contributed by atoms with Crippen LogP contribution in [0.4, 0.5) is 11.4 Å². The van der Waals surface area contributed by atoms with Crippen LogP contribution in [0.3, 0.4) is 0 Å². The Morgan fingerprint density at radius 1 is 1.21 bits per heavy atom. The summed E-state index contributed by atoms with van der Waals surface area (Å²) >= 11 is 5.78. The number of nitrogens with one attached hydrogen (secondary N) is 1. The molecule has 128 valence electrons. The average molecular weight is 370 g/mol. The molecule has 0 aromatic heterocycles. The second-order valence-electron chi connectivity index (χ2n) is 5.17. The number of benzene rings is 2. The van der Waals surface area contributed by atoms with Gasteiger partial charge in [-0.1, -0.05) is 29.8 Å². The molecule has 0 aliphatic carbocycles. The van der Waals surface area contributed by atoms with E-state index in [1.165, 1.54) is 38.4 Å². The zero-order valence-corrected chi connectivity index (χ0v) is 14.6. The van der Waals surface area contributed by atoms with Crippen molar-refractivity contribution in [1.82, 2.24) is 4.31 Å². The summed E-state index contributed by atoms with van der Waals surface area (Å²) in [6, 6.07) is 10.8. The summed E-state index contributed by atoms with van der Waals surface area (Å²) in [5, 5.41) is 14.3. The minimum atomic E-state index is -3.61. The summed E-state index contributed by atoms with van der Waals surface area (Å²) < 4.78 is 25.8. The number of rotatable bonds is 6. The third-order valence-electron chi connectivity index (χ3n) is 3.36. The highest BCUT2D eigenvalue weighted by molar-refractivity contribution is 7.89. The molecule has 0 aliphatic heterocycles. The van der Waals surface area contributed by atoms with Crippen molar-refractivity contribution < 1.29 is 13.3 Å². The molecule has 0 amide bonds. The monoisotopic (exact) mass is 369 g/mol. The van der Waals surface area contributed by atoms with Crippen molar-refractivity contribution in [2.24, 2.45) is 0 Å². The molecule has 7 nitrogen and oxygen atoms in total. The molecule has 2 aromatic carbocycles. The molecule has 0 fully saturated rings. The first-order chi connectivity index (χ1) is 11.2.